The fraction of sp³-hybridized carbons (Fsp3) is 0.400. The van der Waals surface area contributed by atoms with Crippen LogP contribution in [0.25, 0.3) is 0 Å². The number of nitrogens with one attached hydrogen (secondary N) is 1. The highest BCUT2D eigenvalue weighted by Crippen LogP contribution is 2.37. The van der Waals surface area contributed by atoms with Crippen molar-refractivity contribution < 1.29 is 9.47 Å². The first-order valence-corrected chi connectivity index (χ1v) is 10.1. The Hall–Kier alpha value is -0.940. The van der Waals surface area contributed by atoms with E-state index in [0.29, 0.717) is 34.1 Å². The summed E-state index contributed by atoms with van der Waals surface area (Å²) in [5, 5.41) is 4.64. The standard InChI is InChI=1S/C20H24BrCl2NO2/c1-13(2)6-7-24-11-14-8-17(21)20(19(9-14)25-3)26-12-15-4-5-16(22)10-18(15)23/h4-5,8-10,13,24H,6-7,11-12H2,1-3H3. The van der Waals surface area contributed by atoms with E-state index in [2.05, 4.69) is 35.1 Å². The van der Waals surface area contributed by atoms with E-state index >= 15 is 0 Å². The smallest absolute Gasteiger partial charge is 0.175 e. The van der Waals surface area contributed by atoms with Crippen LogP contribution in [0, 0.1) is 5.92 Å². The van der Waals surface area contributed by atoms with Crippen LogP contribution in [-0.4, -0.2) is 13.7 Å². The molecular weight excluding hydrogens is 437 g/mol. The Morgan fingerprint density at radius 1 is 1.15 bits per heavy atom. The summed E-state index contributed by atoms with van der Waals surface area (Å²) in [5.41, 5.74) is 2.00. The van der Waals surface area contributed by atoms with Crippen molar-refractivity contribution in [3.63, 3.8) is 0 Å². The maximum absolute atomic E-state index is 6.21. The van der Waals surface area contributed by atoms with Gasteiger partial charge in [-0.05, 0) is 64.6 Å². The minimum atomic E-state index is 0.330. The average molecular weight is 461 g/mol. The molecule has 3 nitrogen and oxygen atoms in total. The van der Waals surface area contributed by atoms with E-state index < -0.39 is 0 Å². The number of rotatable bonds is 9. The summed E-state index contributed by atoms with van der Waals surface area (Å²) in [4.78, 5) is 0. The minimum absolute atomic E-state index is 0.330. The van der Waals surface area contributed by atoms with Gasteiger partial charge in [0.2, 0.25) is 0 Å². The zero-order valence-corrected chi connectivity index (χ0v) is 18.3. The molecule has 1 N–H and O–H groups in total. The summed E-state index contributed by atoms with van der Waals surface area (Å²) >= 11 is 15.7. The van der Waals surface area contributed by atoms with E-state index in [0.717, 1.165) is 35.1 Å². The normalized spacial score (nSPS) is 11.0. The van der Waals surface area contributed by atoms with E-state index in [1.165, 1.54) is 0 Å². The SMILES string of the molecule is COc1cc(CNCCC(C)C)cc(Br)c1OCc1ccc(Cl)cc1Cl. The molecule has 0 atom stereocenters. The van der Waals surface area contributed by atoms with Crippen LogP contribution in [0.1, 0.15) is 31.4 Å². The lowest BCUT2D eigenvalue weighted by Crippen LogP contribution is -2.16. The second kappa shape index (κ2) is 10.4. The molecule has 0 fully saturated rings. The summed E-state index contributed by atoms with van der Waals surface area (Å²) in [6.45, 7) is 6.55. The first-order valence-electron chi connectivity index (χ1n) is 8.54. The molecule has 0 spiro atoms. The van der Waals surface area contributed by atoms with Gasteiger partial charge in [-0.25, -0.2) is 0 Å². The predicted molar refractivity (Wildman–Crippen MR) is 113 cm³/mol. The summed E-state index contributed by atoms with van der Waals surface area (Å²) in [7, 11) is 1.64. The molecule has 2 rings (SSSR count). The number of hydrogen-bond donors (Lipinski definition) is 1. The van der Waals surface area contributed by atoms with Crippen LogP contribution in [0.4, 0.5) is 0 Å². The van der Waals surface area contributed by atoms with Gasteiger partial charge in [-0.1, -0.05) is 43.1 Å². The number of methoxy groups -OCH3 is 1. The second-order valence-electron chi connectivity index (χ2n) is 6.49. The quantitative estimate of drug-likeness (QED) is 0.434. The largest absolute Gasteiger partial charge is 0.493 e. The van der Waals surface area contributed by atoms with Crippen molar-refractivity contribution >= 4 is 39.1 Å². The third-order valence-electron chi connectivity index (χ3n) is 3.90. The van der Waals surface area contributed by atoms with Crippen molar-refractivity contribution in [2.45, 2.75) is 33.4 Å². The molecule has 0 aliphatic carbocycles. The van der Waals surface area contributed by atoms with E-state index in [-0.39, 0.29) is 0 Å². The molecule has 0 saturated carbocycles. The van der Waals surface area contributed by atoms with E-state index in [4.69, 9.17) is 32.7 Å². The van der Waals surface area contributed by atoms with Gasteiger partial charge in [0.1, 0.15) is 6.61 Å². The molecule has 2 aromatic carbocycles. The topological polar surface area (TPSA) is 30.5 Å². The molecule has 0 amide bonds. The minimum Gasteiger partial charge on any atom is -0.493 e. The fourth-order valence-corrected chi connectivity index (χ4v) is 3.49. The molecule has 0 aromatic heterocycles. The van der Waals surface area contributed by atoms with Crippen LogP contribution in [0.3, 0.4) is 0 Å². The summed E-state index contributed by atoms with van der Waals surface area (Å²) in [5.74, 6) is 2.04. The van der Waals surface area contributed by atoms with Crippen molar-refractivity contribution in [2.24, 2.45) is 5.92 Å². The van der Waals surface area contributed by atoms with Crippen LogP contribution >= 0.6 is 39.1 Å². The summed E-state index contributed by atoms with van der Waals surface area (Å²) in [6.07, 6.45) is 1.15. The molecule has 0 saturated heterocycles. The highest BCUT2D eigenvalue weighted by molar-refractivity contribution is 9.10. The Labute approximate surface area is 174 Å². The Balaban J connectivity index is 2.06. The Morgan fingerprint density at radius 2 is 1.92 bits per heavy atom. The molecule has 142 valence electrons. The van der Waals surface area contributed by atoms with Gasteiger partial charge in [0.15, 0.2) is 11.5 Å². The first-order chi connectivity index (χ1) is 12.4. The summed E-state index contributed by atoms with van der Waals surface area (Å²) in [6, 6.07) is 9.40. The lowest BCUT2D eigenvalue weighted by Gasteiger charge is -2.15. The maximum atomic E-state index is 6.21. The van der Waals surface area contributed by atoms with Gasteiger partial charge >= 0.3 is 0 Å². The molecule has 0 bridgehead atoms. The highest BCUT2D eigenvalue weighted by atomic mass is 79.9. The Kier molecular flexibility index (Phi) is 8.55. The van der Waals surface area contributed by atoms with Crippen molar-refractivity contribution in [1.29, 1.82) is 0 Å². The molecule has 0 unspecified atom stereocenters. The van der Waals surface area contributed by atoms with E-state index in [1.807, 2.05) is 18.2 Å². The molecule has 6 heteroatoms. The van der Waals surface area contributed by atoms with Crippen molar-refractivity contribution in [1.82, 2.24) is 5.32 Å². The molecule has 0 heterocycles. The number of benzene rings is 2. The zero-order chi connectivity index (χ0) is 19.1. The molecular formula is C20H24BrCl2NO2. The number of hydrogen-bond acceptors (Lipinski definition) is 3. The Morgan fingerprint density at radius 3 is 2.58 bits per heavy atom. The van der Waals surface area contributed by atoms with Gasteiger partial charge in [0.25, 0.3) is 0 Å². The lowest BCUT2D eigenvalue weighted by atomic mass is 10.1. The second-order valence-corrected chi connectivity index (χ2v) is 8.19. The molecule has 26 heavy (non-hydrogen) atoms. The molecule has 0 radical (unpaired) electrons. The van der Waals surface area contributed by atoms with Crippen LogP contribution < -0.4 is 14.8 Å². The van der Waals surface area contributed by atoms with Crippen LogP contribution in [0.5, 0.6) is 11.5 Å². The van der Waals surface area contributed by atoms with Crippen LogP contribution in [0.15, 0.2) is 34.8 Å². The van der Waals surface area contributed by atoms with Crippen LogP contribution in [0.2, 0.25) is 10.0 Å². The lowest BCUT2D eigenvalue weighted by molar-refractivity contribution is 0.282. The zero-order valence-electron chi connectivity index (χ0n) is 15.2. The first kappa shape index (κ1) is 21.4. The van der Waals surface area contributed by atoms with Gasteiger partial charge < -0.3 is 14.8 Å². The van der Waals surface area contributed by atoms with Crippen molar-refractivity contribution in [3.05, 3.63) is 56.0 Å². The van der Waals surface area contributed by atoms with Crippen LogP contribution in [-0.2, 0) is 13.2 Å². The number of ether oxygens (including phenoxy) is 2. The molecule has 2 aromatic rings. The maximum Gasteiger partial charge on any atom is 0.175 e. The molecule has 0 aliphatic heterocycles. The highest BCUT2D eigenvalue weighted by Gasteiger charge is 2.13. The van der Waals surface area contributed by atoms with Crippen molar-refractivity contribution in [3.8, 4) is 11.5 Å². The predicted octanol–water partition coefficient (Wildman–Crippen LogP) is 6.48. The van der Waals surface area contributed by atoms with E-state index in [9.17, 15) is 0 Å². The molecule has 0 aliphatic rings. The van der Waals surface area contributed by atoms with Gasteiger partial charge in [-0.2, -0.15) is 0 Å². The van der Waals surface area contributed by atoms with Gasteiger partial charge in [-0.15, -0.1) is 0 Å². The third kappa shape index (κ3) is 6.34. The monoisotopic (exact) mass is 459 g/mol. The average Bonchev–Trinajstić information content (AvgIpc) is 2.58. The van der Waals surface area contributed by atoms with Gasteiger partial charge in [-0.3, -0.25) is 0 Å². The Bertz CT molecular complexity index is 738. The fourth-order valence-electron chi connectivity index (χ4n) is 2.43. The van der Waals surface area contributed by atoms with Gasteiger partial charge in [0.05, 0.1) is 11.6 Å². The van der Waals surface area contributed by atoms with Crippen molar-refractivity contribution in [2.75, 3.05) is 13.7 Å². The van der Waals surface area contributed by atoms with Gasteiger partial charge in [0, 0.05) is 22.2 Å². The summed E-state index contributed by atoms with van der Waals surface area (Å²) < 4.78 is 12.3. The van der Waals surface area contributed by atoms with E-state index in [1.54, 1.807) is 19.2 Å². The number of halogens is 3. The third-order valence-corrected chi connectivity index (χ3v) is 5.08.